The first-order chi connectivity index (χ1) is 15.9. The summed E-state index contributed by atoms with van der Waals surface area (Å²) in [5, 5.41) is 2.90. The number of benzene rings is 1. The summed E-state index contributed by atoms with van der Waals surface area (Å²) >= 11 is 0. The van der Waals surface area contributed by atoms with Crippen molar-refractivity contribution in [2.24, 2.45) is 0 Å². The van der Waals surface area contributed by atoms with Gasteiger partial charge in [-0.1, -0.05) is 6.42 Å². The average Bonchev–Trinajstić information content (AvgIpc) is 2.85. The van der Waals surface area contributed by atoms with Gasteiger partial charge in [0.25, 0.3) is 0 Å². The number of nitrogens with one attached hydrogen (secondary N) is 1. The molecule has 1 aromatic heterocycles. The summed E-state index contributed by atoms with van der Waals surface area (Å²) in [6.45, 7) is 4.38. The number of aromatic nitrogens is 1. The standard InChI is InChI=1S/C23H31N5O4S/c1-26(22-10-9-21(17-24-22)33(30,31)28-11-3-2-4-12-28)18-23(29)25-19-5-7-20(8-6-19)27-13-15-32-16-14-27/h5-10,17H,2-4,11-16,18H2,1H3,(H,25,29). The third-order valence-corrected chi connectivity index (χ3v) is 7.85. The fourth-order valence-corrected chi connectivity index (χ4v) is 5.54. The maximum absolute atomic E-state index is 12.8. The molecule has 0 bridgehead atoms. The quantitative estimate of drug-likeness (QED) is 0.659. The first-order valence-electron chi connectivity index (χ1n) is 11.3. The van der Waals surface area contributed by atoms with E-state index >= 15 is 0 Å². The molecule has 2 aliphatic heterocycles. The second-order valence-corrected chi connectivity index (χ2v) is 10.3. The van der Waals surface area contributed by atoms with Gasteiger partial charge in [-0.3, -0.25) is 4.79 Å². The van der Waals surface area contributed by atoms with Crippen LogP contribution in [0.4, 0.5) is 17.2 Å². The number of likely N-dealkylation sites (N-methyl/N-ethyl adjacent to an activating group) is 1. The zero-order chi connectivity index (χ0) is 23.3. The number of carbonyl (C=O) groups is 1. The van der Waals surface area contributed by atoms with Gasteiger partial charge in [0.2, 0.25) is 15.9 Å². The van der Waals surface area contributed by atoms with E-state index < -0.39 is 10.0 Å². The Hall–Kier alpha value is -2.69. The van der Waals surface area contributed by atoms with Gasteiger partial charge >= 0.3 is 0 Å². The molecule has 1 N–H and O–H groups in total. The second kappa shape index (κ2) is 10.5. The number of ether oxygens (including phenoxy) is 1. The fraction of sp³-hybridized carbons (Fsp3) is 0.478. The van der Waals surface area contributed by atoms with Crippen LogP contribution in [-0.2, 0) is 19.6 Å². The van der Waals surface area contributed by atoms with Gasteiger partial charge in [0, 0.05) is 50.8 Å². The highest BCUT2D eigenvalue weighted by Crippen LogP contribution is 2.22. The molecule has 10 heteroatoms. The average molecular weight is 474 g/mol. The largest absolute Gasteiger partial charge is 0.378 e. The molecule has 2 saturated heterocycles. The molecule has 1 aromatic carbocycles. The molecule has 9 nitrogen and oxygen atoms in total. The van der Waals surface area contributed by atoms with Crippen LogP contribution < -0.4 is 15.1 Å². The minimum Gasteiger partial charge on any atom is -0.378 e. The van der Waals surface area contributed by atoms with Gasteiger partial charge in [0.1, 0.15) is 10.7 Å². The van der Waals surface area contributed by atoms with Crippen LogP contribution in [0.15, 0.2) is 47.5 Å². The highest BCUT2D eigenvalue weighted by Gasteiger charge is 2.26. The molecule has 33 heavy (non-hydrogen) atoms. The van der Waals surface area contributed by atoms with Crippen LogP contribution in [0.25, 0.3) is 0 Å². The number of nitrogens with zero attached hydrogens (tertiary/aromatic N) is 4. The summed E-state index contributed by atoms with van der Waals surface area (Å²) in [4.78, 5) is 20.9. The lowest BCUT2D eigenvalue weighted by Crippen LogP contribution is -2.36. The summed E-state index contributed by atoms with van der Waals surface area (Å²) in [7, 11) is -1.77. The van der Waals surface area contributed by atoms with Crippen LogP contribution >= 0.6 is 0 Å². The molecule has 2 fully saturated rings. The number of anilines is 3. The molecule has 4 rings (SSSR count). The topological polar surface area (TPSA) is 95.1 Å². The Labute approximate surface area is 195 Å². The SMILES string of the molecule is CN(CC(=O)Nc1ccc(N2CCOCC2)cc1)c1ccc(S(=O)(=O)N2CCCCC2)cn1. The van der Waals surface area contributed by atoms with Crippen molar-refractivity contribution in [3.63, 3.8) is 0 Å². The van der Waals surface area contributed by atoms with E-state index in [0.29, 0.717) is 18.9 Å². The van der Waals surface area contributed by atoms with E-state index in [1.807, 2.05) is 24.3 Å². The predicted molar refractivity (Wildman–Crippen MR) is 128 cm³/mol. The Morgan fingerprint density at radius 3 is 2.36 bits per heavy atom. The number of amides is 1. The Morgan fingerprint density at radius 1 is 1.03 bits per heavy atom. The van der Waals surface area contributed by atoms with E-state index in [1.165, 1.54) is 10.5 Å². The van der Waals surface area contributed by atoms with E-state index in [4.69, 9.17) is 4.74 Å². The first-order valence-corrected chi connectivity index (χ1v) is 12.8. The van der Waals surface area contributed by atoms with Gasteiger partial charge in [-0.15, -0.1) is 0 Å². The maximum atomic E-state index is 12.8. The summed E-state index contributed by atoms with van der Waals surface area (Å²) in [6, 6.07) is 11.0. The molecule has 2 aromatic rings. The number of hydrogen-bond acceptors (Lipinski definition) is 7. The van der Waals surface area contributed by atoms with Crippen LogP contribution in [0.1, 0.15) is 19.3 Å². The molecule has 0 atom stereocenters. The number of morpholine rings is 1. The normalized spacial score (nSPS) is 17.5. The van der Waals surface area contributed by atoms with Crippen molar-refractivity contribution in [1.82, 2.24) is 9.29 Å². The maximum Gasteiger partial charge on any atom is 0.244 e. The van der Waals surface area contributed by atoms with E-state index in [2.05, 4.69) is 15.2 Å². The van der Waals surface area contributed by atoms with Crippen molar-refractivity contribution < 1.29 is 17.9 Å². The summed E-state index contributed by atoms with van der Waals surface area (Å²) in [5.41, 5.74) is 1.83. The first kappa shape index (κ1) is 23.5. The zero-order valence-corrected chi connectivity index (χ0v) is 19.8. The smallest absolute Gasteiger partial charge is 0.244 e. The molecule has 2 aliphatic rings. The molecule has 0 aliphatic carbocycles. The van der Waals surface area contributed by atoms with E-state index in [0.717, 1.165) is 56.9 Å². The van der Waals surface area contributed by atoms with E-state index in [9.17, 15) is 13.2 Å². The minimum atomic E-state index is -3.52. The van der Waals surface area contributed by atoms with Crippen LogP contribution in [0.5, 0.6) is 0 Å². The lowest BCUT2D eigenvalue weighted by molar-refractivity contribution is -0.114. The van der Waals surface area contributed by atoms with Crippen molar-refractivity contribution in [3.8, 4) is 0 Å². The third-order valence-electron chi connectivity index (χ3n) is 5.97. The lowest BCUT2D eigenvalue weighted by Gasteiger charge is -2.29. The second-order valence-electron chi connectivity index (χ2n) is 8.37. The Balaban J connectivity index is 1.32. The molecule has 0 spiro atoms. The number of pyridine rings is 1. The van der Waals surface area contributed by atoms with Crippen LogP contribution in [-0.4, -0.2) is 76.6 Å². The highest BCUT2D eigenvalue weighted by atomic mass is 32.2. The van der Waals surface area contributed by atoms with Crippen molar-refractivity contribution in [3.05, 3.63) is 42.6 Å². The molecular weight excluding hydrogens is 442 g/mol. The molecular formula is C23H31N5O4S. The van der Waals surface area contributed by atoms with E-state index in [-0.39, 0.29) is 17.3 Å². The molecule has 0 unspecified atom stereocenters. The van der Waals surface area contributed by atoms with Gasteiger partial charge in [0.05, 0.1) is 19.8 Å². The Kier molecular flexibility index (Phi) is 7.46. The van der Waals surface area contributed by atoms with Gasteiger partial charge in [-0.05, 0) is 49.2 Å². The summed E-state index contributed by atoms with van der Waals surface area (Å²) < 4.78 is 32.5. The predicted octanol–water partition coefficient (Wildman–Crippen LogP) is 2.17. The van der Waals surface area contributed by atoms with Crippen molar-refractivity contribution in [2.75, 3.05) is 68.1 Å². The number of hydrogen-bond donors (Lipinski definition) is 1. The Morgan fingerprint density at radius 2 is 1.73 bits per heavy atom. The molecule has 178 valence electrons. The molecule has 1 amide bonds. The van der Waals surface area contributed by atoms with Gasteiger partial charge < -0.3 is 19.9 Å². The summed E-state index contributed by atoms with van der Waals surface area (Å²) in [6.07, 6.45) is 4.21. The monoisotopic (exact) mass is 473 g/mol. The summed E-state index contributed by atoms with van der Waals surface area (Å²) in [5.74, 6) is 0.355. The van der Waals surface area contributed by atoms with Crippen molar-refractivity contribution >= 4 is 33.1 Å². The number of carbonyl (C=O) groups excluding carboxylic acids is 1. The lowest BCUT2D eigenvalue weighted by atomic mass is 10.2. The van der Waals surface area contributed by atoms with Gasteiger partial charge in [-0.25, -0.2) is 13.4 Å². The number of sulfonamides is 1. The molecule has 0 saturated carbocycles. The van der Waals surface area contributed by atoms with Gasteiger partial charge in [-0.2, -0.15) is 4.31 Å². The Bertz CT molecular complexity index is 1030. The van der Waals surface area contributed by atoms with Crippen molar-refractivity contribution in [2.45, 2.75) is 24.2 Å². The van der Waals surface area contributed by atoms with E-state index in [1.54, 1.807) is 24.1 Å². The minimum absolute atomic E-state index is 0.0937. The molecule has 3 heterocycles. The number of rotatable bonds is 7. The van der Waals surface area contributed by atoms with Crippen molar-refractivity contribution in [1.29, 1.82) is 0 Å². The zero-order valence-electron chi connectivity index (χ0n) is 18.9. The number of piperidine rings is 1. The fourth-order valence-electron chi connectivity index (χ4n) is 4.08. The van der Waals surface area contributed by atoms with Crippen LogP contribution in [0.3, 0.4) is 0 Å². The van der Waals surface area contributed by atoms with Gasteiger partial charge in [0.15, 0.2) is 0 Å². The van der Waals surface area contributed by atoms with Crippen LogP contribution in [0.2, 0.25) is 0 Å². The highest BCUT2D eigenvalue weighted by molar-refractivity contribution is 7.89. The van der Waals surface area contributed by atoms with Crippen LogP contribution in [0, 0.1) is 0 Å². The third kappa shape index (κ3) is 5.82. The molecule has 0 radical (unpaired) electrons.